The Hall–Kier alpha value is -2.11. The van der Waals surface area contributed by atoms with E-state index < -0.39 is 11.9 Å². The van der Waals surface area contributed by atoms with Gasteiger partial charge in [-0.2, -0.15) is 0 Å². The maximum absolute atomic E-state index is 12.0. The molecule has 102 valence electrons. The van der Waals surface area contributed by atoms with E-state index in [0.717, 1.165) is 0 Å². The molecule has 6 heteroatoms. The van der Waals surface area contributed by atoms with Gasteiger partial charge in [0.2, 0.25) is 11.5 Å². The second kappa shape index (κ2) is 5.26. The molecule has 6 nitrogen and oxygen atoms in total. The van der Waals surface area contributed by atoms with Crippen molar-refractivity contribution in [3.05, 3.63) is 28.7 Å². The Morgan fingerprint density at radius 2 is 2.00 bits per heavy atom. The lowest BCUT2D eigenvalue weighted by Gasteiger charge is -2.11. The van der Waals surface area contributed by atoms with E-state index in [9.17, 15) is 14.4 Å². The summed E-state index contributed by atoms with van der Waals surface area (Å²) in [7, 11) is 1.61. The highest BCUT2D eigenvalue weighted by molar-refractivity contribution is 5.93. The van der Waals surface area contributed by atoms with Gasteiger partial charge in [-0.1, -0.05) is 0 Å². The van der Waals surface area contributed by atoms with Crippen LogP contribution >= 0.6 is 0 Å². The van der Waals surface area contributed by atoms with Crippen molar-refractivity contribution in [2.45, 2.75) is 19.3 Å². The van der Waals surface area contributed by atoms with Crippen LogP contribution < -0.4 is 10.9 Å². The zero-order valence-electron chi connectivity index (χ0n) is 10.6. The third kappa shape index (κ3) is 3.01. The number of nitrogens with one attached hydrogen (secondary N) is 1. The average Bonchev–Trinajstić information content (AvgIpc) is 2.83. The predicted octanol–water partition coefficient (Wildman–Crippen LogP) is 0.825. The Kier molecular flexibility index (Phi) is 3.69. The van der Waals surface area contributed by atoms with E-state index >= 15 is 0 Å². The molecule has 0 spiro atoms. The Morgan fingerprint density at radius 1 is 1.32 bits per heavy atom. The van der Waals surface area contributed by atoms with Gasteiger partial charge in [-0.25, -0.2) is 0 Å². The number of pyridine rings is 1. The number of aliphatic carboxylic acids is 1. The first-order valence-corrected chi connectivity index (χ1v) is 6.17. The second-order valence-corrected chi connectivity index (χ2v) is 4.90. The summed E-state index contributed by atoms with van der Waals surface area (Å²) in [5, 5.41) is 11.6. The molecule has 1 amide bonds. The molecule has 2 atom stereocenters. The largest absolute Gasteiger partial charge is 0.481 e. The fraction of sp³-hybridized carbons (Fsp3) is 0.462. The number of carboxylic acid groups (broad SMARTS) is 1. The fourth-order valence-electron chi connectivity index (χ4n) is 2.36. The number of anilines is 1. The molecule has 1 saturated carbocycles. The lowest BCUT2D eigenvalue weighted by molar-refractivity contribution is -0.141. The summed E-state index contributed by atoms with van der Waals surface area (Å²) < 4.78 is 1.38. The summed E-state index contributed by atoms with van der Waals surface area (Å²) in [5.41, 5.74) is 0.399. The van der Waals surface area contributed by atoms with Gasteiger partial charge in [0, 0.05) is 25.2 Å². The van der Waals surface area contributed by atoms with Gasteiger partial charge >= 0.3 is 5.97 Å². The number of hydrogen-bond donors (Lipinski definition) is 2. The normalized spacial score (nSPS) is 22.2. The van der Waals surface area contributed by atoms with Crippen molar-refractivity contribution in [1.29, 1.82) is 0 Å². The lowest BCUT2D eigenvalue weighted by atomic mass is 10.0. The van der Waals surface area contributed by atoms with Gasteiger partial charge in [-0.15, -0.1) is 0 Å². The van der Waals surface area contributed by atoms with E-state index in [1.165, 1.54) is 10.6 Å². The van der Waals surface area contributed by atoms with Crippen molar-refractivity contribution in [1.82, 2.24) is 4.57 Å². The number of hydrogen-bond acceptors (Lipinski definition) is 3. The smallest absolute Gasteiger partial charge is 0.306 e. The van der Waals surface area contributed by atoms with E-state index in [0.29, 0.717) is 24.9 Å². The summed E-state index contributed by atoms with van der Waals surface area (Å²) in [5.74, 6) is -1.70. The lowest BCUT2D eigenvalue weighted by Crippen LogP contribution is -2.23. The quantitative estimate of drug-likeness (QED) is 0.846. The number of carbonyl (C=O) groups is 2. The summed E-state index contributed by atoms with van der Waals surface area (Å²) in [6.07, 6.45) is 3.06. The molecule has 1 aromatic heterocycles. The van der Waals surface area contributed by atoms with Crippen LogP contribution in [0.1, 0.15) is 19.3 Å². The van der Waals surface area contributed by atoms with Crippen molar-refractivity contribution >= 4 is 17.6 Å². The minimum absolute atomic E-state index is 0.148. The van der Waals surface area contributed by atoms with Crippen molar-refractivity contribution < 1.29 is 14.7 Å². The topological polar surface area (TPSA) is 88.4 Å². The number of nitrogens with zero attached hydrogens (tertiary/aromatic N) is 1. The molecule has 2 unspecified atom stereocenters. The van der Waals surface area contributed by atoms with E-state index in [1.54, 1.807) is 19.3 Å². The average molecular weight is 264 g/mol. The molecule has 1 aromatic rings. The molecule has 0 aliphatic heterocycles. The van der Waals surface area contributed by atoms with Gasteiger partial charge in [-0.3, -0.25) is 14.4 Å². The van der Waals surface area contributed by atoms with E-state index in [4.69, 9.17) is 5.11 Å². The summed E-state index contributed by atoms with van der Waals surface area (Å²) in [6.45, 7) is 0. The van der Waals surface area contributed by atoms with Crippen LogP contribution in [0.25, 0.3) is 0 Å². The van der Waals surface area contributed by atoms with Crippen LogP contribution in [0.5, 0.6) is 0 Å². The van der Waals surface area contributed by atoms with Gasteiger partial charge in [0.1, 0.15) is 0 Å². The number of carboxylic acids is 1. The zero-order chi connectivity index (χ0) is 14.0. The minimum atomic E-state index is -0.836. The Labute approximate surface area is 110 Å². The highest BCUT2D eigenvalue weighted by Crippen LogP contribution is 2.31. The molecule has 1 fully saturated rings. The van der Waals surface area contributed by atoms with Gasteiger partial charge in [0.15, 0.2) is 0 Å². The SMILES string of the molecule is Cn1cc(NC(=O)C2CCC(C(=O)O)C2)ccc1=O. The van der Waals surface area contributed by atoms with Gasteiger partial charge in [-0.05, 0) is 25.3 Å². The molecule has 0 bridgehead atoms. The highest BCUT2D eigenvalue weighted by Gasteiger charge is 2.33. The molecule has 2 rings (SSSR count). The zero-order valence-corrected chi connectivity index (χ0v) is 10.6. The monoisotopic (exact) mass is 264 g/mol. The molecule has 0 aromatic carbocycles. The van der Waals surface area contributed by atoms with Crippen LogP contribution in [0.4, 0.5) is 5.69 Å². The Balaban J connectivity index is 2.00. The van der Waals surface area contributed by atoms with Crippen molar-refractivity contribution in [2.24, 2.45) is 18.9 Å². The molecule has 1 heterocycles. The van der Waals surface area contributed by atoms with Crippen LogP contribution in [0.15, 0.2) is 23.1 Å². The number of aromatic nitrogens is 1. The number of rotatable bonds is 3. The Bertz CT molecular complexity index is 564. The summed E-state index contributed by atoms with van der Waals surface area (Å²) >= 11 is 0. The summed E-state index contributed by atoms with van der Waals surface area (Å²) in [6, 6.07) is 2.92. The third-order valence-electron chi connectivity index (χ3n) is 3.51. The second-order valence-electron chi connectivity index (χ2n) is 4.90. The molecular formula is C13H16N2O4. The number of aryl methyl sites for hydroxylation is 1. The summed E-state index contributed by atoms with van der Waals surface area (Å²) in [4.78, 5) is 34.0. The van der Waals surface area contributed by atoms with Crippen LogP contribution in [0.2, 0.25) is 0 Å². The maximum atomic E-state index is 12.0. The minimum Gasteiger partial charge on any atom is -0.481 e. The van der Waals surface area contributed by atoms with Gasteiger partial charge in [0.05, 0.1) is 11.6 Å². The molecule has 0 radical (unpaired) electrons. The highest BCUT2D eigenvalue weighted by atomic mass is 16.4. The van der Waals surface area contributed by atoms with Crippen LogP contribution in [-0.4, -0.2) is 21.6 Å². The van der Waals surface area contributed by atoms with Crippen LogP contribution in [0.3, 0.4) is 0 Å². The van der Waals surface area contributed by atoms with Gasteiger partial charge < -0.3 is 15.0 Å². The van der Waals surface area contributed by atoms with Crippen molar-refractivity contribution in [3.63, 3.8) is 0 Å². The van der Waals surface area contributed by atoms with E-state index in [2.05, 4.69) is 5.32 Å². The molecule has 1 aliphatic carbocycles. The van der Waals surface area contributed by atoms with Crippen molar-refractivity contribution in [2.75, 3.05) is 5.32 Å². The van der Waals surface area contributed by atoms with E-state index in [1.807, 2.05) is 0 Å². The van der Waals surface area contributed by atoms with Gasteiger partial charge in [0.25, 0.3) is 0 Å². The molecule has 1 aliphatic rings. The number of amides is 1. The first-order chi connectivity index (χ1) is 8.97. The molecule has 0 saturated heterocycles. The molecule has 2 N–H and O–H groups in total. The Morgan fingerprint density at radius 3 is 2.58 bits per heavy atom. The van der Waals surface area contributed by atoms with Crippen LogP contribution in [0, 0.1) is 11.8 Å². The van der Waals surface area contributed by atoms with Crippen LogP contribution in [-0.2, 0) is 16.6 Å². The van der Waals surface area contributed by atoms with E-state index in [-0.39, 0.29) is 17.4 Å². The molecule has 19 heavy (non-hydrogen) atoms. The molecular weight excluding hydrogens is 248 g/mol. The first-order valence-electron chi connectivity index (χ1n) is 6.17. The first kappa shape index (κ1) is 13.3. The third-order valence-corrected chi connectivity index (χ3v) is 3.51. The predicted molar refractivity (Wildman–Crippen MR) is 68.8 cm³/mol. The fourth-order valence-corrected chi connectivity index (χ4v) is 2.36. The van der Waals surface area contributed by atoms with Crippen molar-refractivity contribution in [3.8, 4) is 0 Å². The maximum Gasteiger partial charge on any atom is 0.306 e. The standard InChI is InChI=1S/C13H16N2O4/c1-15-7-10(4-5-11(15)16)14-12(17)8-2-3-9(6-8)13(18)19/h4-5,7-9H,2-3,6H2,1H3,(H,14,17)(H,18,19). The number of carbonyl (C=O) groups excluding carboxylic acids is 1.